The smallest absolute Gasteiger partial charge is 0.228 e. The number of rotatable bonds is 6. The zero-order chi connectivity index (χ0) is 19.6. The minimum absolute atomic E-state index is 0.0352. The van der Waals surface area contributed by atoms with Crippen LogP contribution in [0.4, 0.5) is 5.69 Å². The maximum atomic E-state index is 13.2. The molecule has 0 aromatic heterocycles. The fraction of sp³-hybridized carbons (Fsp3) is 0.619. The Labute approximate surface area is 161 Å². The molecule has 1 aliphatic heterocycles. The van der Waals surface area contributed by atoms with Crippen molar-refractivity contribution in [1.29, 1.82) is 0 Å². The molecule has 0 N–H and O–H groups in total. The first-order chi connectivity index (χ1) is 13.0. The number of anilines is 1. The second-order valence-electron chi connectivity index (χ2n) is 7.72. The van der Waals surface area contributed by atoms with Gasteiger partial charge in [-0.2, -0.15) is 0 Å². The summed E-state index contributed by atoms with van der Waals surface area (Å²) in [6.45, 7) is 4.53. The average molecular weight is 374 g/mol. The average Bonchev–Trinajstić information content (AvgIpc) is 3.31. The van der Waals surface area contributed by atoms with Crippen LogP contribution in [0.25, 0.3) is 0 Å². The molecule has 0 spiro atoms. The van der Waals surface area contributed by atoms with E-state index in [0.717, 1.165) is 12.8 Å². The summed E-state index contributed by atoms with van der Waals surface area (Å²) in [5.41, 5.74) is 0.690. The summed E-state index contributed by atoms with van der Waals surface area (Å²) in [6.07, 6.45) is 4.75. The Kier molecular flexibility index (Phi) is 5.92. The van der Waals surface area contributed by atoms with Crippen LogP contribution in [0.5, 0.6) is 11.5 Å². The molecule has 6 heteroatoms. The molecule has 1 saturated heterocycles. The lowest BCUT2D eigenvalue weighted by Crippen LogP contribution is -2.47. The molecule has 0 radical (unpaired) electrons. The lowest BCUT2D eigenvalue weighted by molar-refractivity contribution is -0.140. The molecule has 1 atom stereocenters. The van der Waals surface area contributed by atoms with Crippen LogP contribution in [0.2, 0.25) is 0 Å². The van der Waals surface area contributed by atoms with Crippen LogP contribution in [0.1, 0.15) is 46.0 Å². The molecule has 3 rings (SSSR count). The predicted octanol–water partition coefficient (Wildman–Crippen LogP) is 3.24. The molecule has 2 aliphatic rings. The second kappa shape index (κ2) is 8.19. The first-order valence-electron chi connectivity index (χ1n) is 9.80. The Hall–Kier alpha value is -2.24. The van der Waals surface area contributed by atoms with Crippen LogP contribution >= 0.6 is 0 Å². The fourth-order valence-corrected chi connectivity index (χ4v) is 4.36. The van der Waals surface area contributed by atoms with E-state index in [2.05, 4.69) is 13.8 Å². The Morgan fingerprint density at radius 3 is 2.48 bits per heavy atom. The quantitative estimate of drug-likeness (QED) is 0.767. The van der Waals surface area contributed by atoms with E-state index in [1.54, 1.807) is 31.3 Å². The van der Waals surface area contributed by atoms with Gasteiger partial charge < -0.3 is 19.3 Å². The third-order valence-electron chi connectivity index (χ3n) is 5.68. The van der Waals surface area contributed by atoms with E-state index < -0.39 is 0 Å². The van der Waals surface area contributed by atoms with E-state index in [1.807, 2.05) is 11.0 Å². The number of ether oxygens (including phenoxy) is 2. The van der Waals surface area contributed by atoms with Crippen LogP contribution < -0.4 is 14.4 Å². The number of nitrogens with zero attached hydrogens (tertiary/aromatic N) is 2. The molecule has 6 nitrogen and oxygen atoms in total. The van der Waals surface area contributed by atoms with Crippen LogP contribution in [0.3, 0.4) is 0 Å². The third kappa shape index (κ3) is 3.89. The molecule has 1 unspecified atom stereocenters. The summed E-state index contributed by atoms with van der Waals surface area (Å²) in [7, 11) is 3.16. The molecule has 1 saturated carbocycles. The zero-order valence-corrected chi connectivity index (χ0v) is 16.7. The van der Waals surface area contributed by atoms with E-state index >= 15 is 0 Å². The van der Waals surface area contributed by atoms with E-state index in [4.69, 9.17) is 9.47 Å². The third-order valence-corrected chi connectivity index (χ3v) is 5.68. The number of methoxy groups -OCH3 is 2. The predicted molar refractivity (Wildman–Crippen MR) is 104 cm³/mol. The minimum Gasteiger partial charge on any atom is -0.497 e. The van der Waals surface area contributed by atoms with Gasteiger partial charge in [0.05, 0.1) is 25.8 Å². The van der Waals surface area contributed by atoms with Gasteiger partial charge in [0.1, 0.15) is 11.5 Å². The molecular weight excluding hydrogens is 344 g/mol. The van der Waals surface area contributed by atoms with Crippen LogP contribution in [0, 0.1) is 5.92 Å². The monoisotopic (exact) mass is 374 g/mol. The van der Waals surface area contributed by atoms with E-state index in [1.165, 1.54) is 12.8 Å². The van der Waals surface area contributed by atoms with Crippen LogP contribution in [-0.2, 0) is 9.59 Å². The Morgan fingerprint density at radius 1 is 1.19 bits per heavy atom. The van der Waals surface area contributed by atoms with Crippen molar-refractivity contribution in [2.45, 2.75) is 58.0 Å². The highest BCUT2D eigenvalue weighted by Gasteiger charge is 2.40. The largest absolute Gasteiger partial charge is 0.497 e. The van der Waals surface area contributed by atoms with Crippen LogP contribution in [0.15, 0.2) is 18.2 Å². The number of benzene rings is 1. The highest BCUT2D eigenvalue weighted by Crippen LogP contribution is 2.37. The maximum Gasteiger partial charge on any atom is 0.228 e. The van der Waals surface area contributed by atoms with Crippen molar-refractivity contribution < 1.29 is 19.1 Å². The number of amides is 2. The van der Waals surface area contributed by atoms with Gasteiger partial charge in [0.15, 0.2) is 0 Å². The van der Waals surface area contributed by atoms with Crippen molar-refractivity contribution in [2.75, 3.05) is 25.7 Å². The van der Waals surface area contributed by atoms with Crippen molar-refractivity contribution in [2.24, 2.45) is 5.92 Å². The normalized spacial score (nSPS) is 20.4. The van der Waals surface area contributed by atoms with Crippen molar-refractivity contribution in [1.82, 2.24) is 4.90 Å². The SMILES string of the molecule is COc1ccc(N2CC(C(=O)N(C(C)C)C3CCCC3)CC2=O)c(OC)c1. The summed E-state index contributed by atoms with van der Waals surface area (Å²) >= 11 is 0. The molecule has 27 heavy (non-hydrogen) atoms. The van der Waals surface area contributed by atoms with E-state index in [9.17, 15) is 9.59 Å². The molecule has 1 aliphatic carbocycles. The lowest BCUT2D eigenvalue weighted by atomic mass is 10.0. The summed E-state index contributed by atoms with van der Waals surface area (Å²) in [5.74, 6) is 1.02. The van der Waals surface area contributed by atoms with Gasteiger partial charge in [0, 0.05) is 31.1 Å². The molecule has 1 aromatic carbocycles. The summed E-state index contributed by atoms with van der Waals surface area (Å²) in [5, 5.41) is 0. The van der Waals surface area contributed by atoms with Crippen molar-refractivity contribution in [3.63, 3.8) is 0 Å². The van der Waals surface area contributed by atoms with Gasteiger partial charge in [0.2, 0.25) is 11.8 Å². The molecule has 1 aromatic rings. The highest BCUT2D eigenvalue weighted by molar-refractivity contribution is 6.01. The highest BCUT2D eigenvalue weighted by atomic mass is 16.5. The second-order valence-corrected chi connectivity index (χ2v) is 7.72. The van der Waals surface area contributed by atoms with Gasteiger partial charge in [-0.15, -0.1) is 0 Å². The summed E-state index contributed by atoms with van der Waals surface area (Å²) in [4.78, 5) is 29.6. The Morgan fingerprint density at radius 2 is 1.89 bits per heavy atom. The van der Waals surface area contributed by atoms with Crippen molar-refractivity contribution in [3.05, 3.63) is 18.2 Å². The molecule has 2 fully saturated rings. The number of carbonyl (C=O) groups excluding carboxylic acids is 2. The molecule has 0 bridgehead atoms. The molecule has 2 amide bonds. The maximum absolute atomic E-state index is 13.2. The van der Waals surface area contributed by atoms with E-state index in [0.29, 0.717) is 29.8 Å². The Bertz CT molecular complexity index is 697. The topological polar surface area (TPSA) is 59.1 Å². The van der Waals surface area contributed by atoms with Crippen LogP contribution in [-0.4, -0.2) is 49.6 Å². The van der Waals surface area contributed by atoms with E-state index in [-0.39, 0.29) is 30.2 Å². The van der Waals surface area contributed by atoms with Gasteiger partial charge in [-0.3, -0.25) is 9.59 Å². The molecule has 148 valence electrons. The lowest BCUT2D eigenvalue weighted by Gasteiger charge is -2.34. The number of hydrogen-bond acceptors (Lipinski definition) is 4. The van der Waals surface area contributed by atoms with Gasteiger partial charge in [-0.1, -0.05) is 12.8 Å². The van der Waals surface area contributed by atoms with Crippen molar-refractivity contribution in [3.8, 4) is 11.5 Å². The van der Waals surface area contributed by atoms with Gasteiger partial charge >= 0.3 is 0 Å². The van der Waals surface area contributed by atoms with Crippen molar-refractivity contribution >= 4 is 17.5 Å². The molecule has 1 heterocycles. The summed E-state index contributed by atoms with van der Waals surface area (Å²) < 4.78 is 10.7. The number of carbonyl (C=O) groups is 2. The fourth-order valence-electron chi connectivity index (χ4n) is 4.36. The first-order valence-corrected chi connectivity index (χ1v) is 9.80. The molecular formula is C21H30N2O4. The first kappa shape index (κ1) is 19.5. The Balaban J connectivity index is 1.79. The van der Waals surface area contributed by atoms with Gasteiger partial charge in [-0.05, 0) is 38.8 Å². The standard InChI is InChI=1S/C21H30N2O4/c1-14(2)23(16-7-5-6-8-16)21(25)15-11-20(24)22(13-15)18-10-9-17(26-3)12-19(18)27-4/h9-10,12,14-16H,5-8,11,13H2,1-4H3. The zero-order valence-electron chi connectivity index (χ0n) is 16.7. The van der Waals surface area contributed by atoms with Gasteiger partial charge in [0.25, 0.3) is 0 Å². The van der Waals surface area contributed by atoms with Gasteiger partial charge in [-0.25, -0.2) is 0 Å². The number of hydrogen-bond donors (Lipinski definition) is 0. The minimum atomic E-state index is -0.299. The summed E-state index contributed by atoms with van der Waals surface area (Å²) in [6, 6.07) is 5.85.